The van der Waals surface area contributed by atoms with Crippen molar-refractivity contribution in [2.45, 2.75) is 25.4 Å². The Kier molecular flexibility index (Phi) is 3.25. The maximum absolute atomic E-state index is 4.18. The van der Waals surface area contributed by atoms with Crippen LogP contribution in [0.4, 0.5) is 0 Å². The number of halogens is 1. The van der Waals surface area contributed by atoms with Crippen molar-refractivity contribution >= 4 is 12.4 Å². The van der Waals surface area contributed by atoms with E-state index in [1.54, 1.807) is 0 Å². The largest absolute Gasteiger partial charge is 0.316 e. The second-order valence-electron chi connectivity index (χ2n) is 5.64. The van der Waals surface area contributed by atoms with Gasteiger partial charge in [0.05, 0.1) is 12.6 Å². The second kappa shape index (κ2) is 4.75. The van der Waals surface area contributed by atoms with Crippen LogP contribution in [0.15, 0.2) is 0 Å². The minimum Gasteiger partial charge on any atom is -0.316 e. The van der Waals surface area contributed by atoms with Crippen molar-refractivity contribution in [2.75, 3.05) is 26.2 Å². The molecule has 7 heteroatoms. The Balaban J connectivity index is 0.000001000. The molecule has 1 aromatic rings. The molecule has 0 bridgehead atoms. The summed E-state index contributed by atoms with van der Waals surface area (Å²) in [6.45, 7) is 5.71. The fourth-order valence-corrected chi connectivity index (χ4v) is 3.20. The highest BCUT2D eigenvalue weighted by atomic mass is 35.5. The third-order valence-corrected chi connectivity index (χ3v) is 4.28. The van der Waals surface area contributed by atoms with E-state index < -0.39 is 0 Å². The molecule has 0 amide bonds. The van der Waals surface area contributed by atoms with E-state index in [4.69, 9.17) is 0 Å². The standard InChI is InChI=1S/C11H18N6.ClH/c1-2-10(1)17-11(13-14-15-17)7-16-5-8-3-12-4-9(8)6-16;/h8-10,12H,1-7H2;1H/t8-,9+;. The smallest absolute Gasteiger partial charge is 0.165 e. The van der Waals surface area contributed by atoms with Gasteiger partial charge in [0.1, 0.15) is 0 Å². The molecule has 1 aliphatic carbocycles. The highest BCUT2D eigenvalue weighted by Gasteiger charge is 2.37. The van der Waals surface area contributed by atoms with Gasteiger partial charge >= 0.3 is 0 Å². The SMILES string of the molecule is C1CC1n1nnnc1CN1C[C@H]2CNC[C@H]2C1.Cl. The van der Waals surface area contributed by atoms with E-state index >= 15 is 0 Å². The molecule has 0 spiro atoms. The van der Waals surface area contributed by atoms with Crippen molar-refractivity contribution in [1.29, 1.82) is 0 Å². The number of aromatic nitrogens is 4. The first kappa shape index (κ1) is 12.3. The van der Waals surface area contributed by atoms with E-state index in [9.17, 15) is 0 Å². The maximum Gasteiger partial charge on any atom is 0.165 e. The minimum atomic E-state index is 0. The molecule has 3 fully saturated rings. The number of nitrogens with zero attached hydrogens (tertiary/aromatic N) is 5. The van der Waals surface area contributed by atoms with Crippen molar-refractivity contribution in [1.82, 2.24) is 30.4 Å². The van der Waals surface area contributed by atoms with Gasteiger partial charge in [-0.1, -0.05) is 0 Å². The van der Waals surface area contributed by atoms with Crippen LogP contribution in [0.2, 0.25) is 0 Å². The zero-order valence-electron chi connectivity index (χ0n) is 10.3. The summed E-state index contributed by atoms with van der Waals surface area (Å²) in [6.07, 6.45) is 2.49. The average molecular weight is 271 g/mol. The lowest BCUT2D eigenvalue weighted by Crippen LogP contribution is -2.26. The van der Waals surface area contributed by atoms with Gasteiger partial charge in [-0.05, 0) is 48.2 Å². The number of tetrazole rings is 1. The highest BCUT2D eigenvalue weighted by Crippen LogP contribution is 2.35. The molecule has 3 aliphatic rings. The number of fused-ring (bicyclic) bond motifs is 1. The van der Waals surface area contributed by atoms with Crippen LogP contribution in [0.1, 0.15) is 24.7 Å². The Hall–Kier alpha value is -0.720. The summed E-state index contributed by atoms with van der Waals surface area (Å²) in [5.41, 5.74) is 0. The van der Waals surface area contributed by atoms with Crippen LogP contribution in [0.3, 0.4) is 0 Å². The van der Waals surface area contributed by atoms with Crippen molar-refractivity contribution in [3.05, 3.63) is 5.82 Å². The summed E-state index contributed by atoms with van der Waals surface area (Å²) in [5.74, 6) is 2.75. The predicted molar refractivity (Wildman–Crippen MR) is 68.5 cm³/mol. The number of likely N-dealkylation sites (tertiary alicyclic amines) is 1. The van der Waals surface area contributed by atoms with E-state index in [0.717, 1.165) is 24.2 Å². The topological polar surface area (TPSA) is 58.9 Å². The lowest BCUT2D eigenvalue weighted by Gasteiger charge is -2.15. The average Bonchev–Trinajstić information content (AvgIpc) is 2.72. The fourth-order valence-electron chi connectivity index (χ4n) is 3.20. The van der Waals surface area contributed by atoms with Gasteiger partial charge in [0.2, 0.25) is 0 Å². The van der Waals surface area contributed by atoms with E-state index in [0.29, 0.717) is 6.04 Å². The molecule has 2 atom stereocenters. The molecule has 2 saturated heterocycles. The zero-order chi connectivity index (χ0) is 11.2. The molecule has 18 heavy (non-hydrogen) atoms. The van der Waals surface area contributed by atoms with Crippen LogP contribution in [-0.2, 0) is 6.54 Å². The van der Waals surface area contributed by atoms with Gasteiger partial charge in [0.25, 0.3) is 0 Å². The molecular weight excluding hydrogens is 252 g/mol. The molecule has 1 aromatic heterocycles. The maximum atomic E-state index is 4.18. The first-order valence-electron chi connectivity index (χ1n) is 6.60. The molecule has 0 radical (unpaired) electrons. The van der Waals surface area contributed by atoms with E-state index in [1.165, 1.54) is 39.0 Å². The summed E-state index contributed by atoms with van der Waals surface area (Å²) in [4.78, 5) is 2.51. The summed E-state index contributed by atoms with van der Waals surface area (Å²) in [6, 6.07) is 0.587. The lowest BCUT2D eigenvalue weighted by atomic mass is 10.0. The second-order valence-corrected chi connectivity index (χ2v) is 5.64. The number of nitrogens with one attached hydrogen (secondary N) is 1. The predicted octanol–water partition coefficient (Wildman–Crippen LogP) is 0.0810. The van der Waals surface area contributed by atoms with Gasteiger partial charge in [-0.3, -0.25) is 4.90 Å². The van der Waals surface area contributed by atoms with Crippen LogP contribution < -0.4 is 5.32 Å². The number of hydrogen-bond donors (Lipinski definition) is 1. The van der Waals surface area contributed by atoms with Crippen LogP contribution in [-0.4, -0.2) is 51.3 Å². The van der Waals surface area contributed by atoms with Gasteiger partial charge in [-0.25, -0.2) is 4.68 Å². The third kappa shape index (κ3) is 2.13. The molecular formula is C11H19ClN6. The Morgan fingerprint density at radius 2 is 1.89 bits per heavy atom. The highest BCUT2D eigenvalue weighted by molar-refractivity contribution is 5.85. The number of hydrogen-bond acceptors (Lipinski definition) is 5. The summed E-state index contributed by atoms with van der Waals surface area (Å²) in [7, 11) is 0. The first-order valence-corrected chi connectivity index (χ1v) is 6.60. The summed E-state index contributed by atoms with van der Waals surface area (Å²) in [5, 5.41) is 15.6. The van der Waals surface area contributed by atoms with Crippen molar-refractivity contribution in [3.63, 3.8) is 0 Å². The van der Waals surface area contributed by atoms with Crippen LogP contribution >= 0.6 is 12.4 Å². The third-order valence-electron chi connectivity index (χ3n) is 4.28. The van der Waals surface area contributed by atoms with Gasteiger partial charge < -0.3 is 5.32 Å². The molecule has 3 heterocycles. The van der Waals surface area contributed by atoms with E-state index in [2.05, 4.69) is 25.7 Å². The van der Waals surface area contributed by atoms with Gasteiger partial charge in [0.15, 0.2) is 5.82 Å². The van der Waals surface area contributed by atoms with E-state index in [-0.39, 0.29) is 12.4 Å². The molecule has 0 unspecified atom stereocenters. The minimum absolute atomic E-state index is 0. The molecule has 1 N–H and O–H groups in total. The molecule has 1 saturated carbocycles. The first-order chi connectivity index (χ1) is 8.40. The summed E-state index contributed by atoms with van der Waals surface area (Å²) < 4.78 is 2.03. The zero-order valence-corrected chi connectivity index (χ0v) is 11.1. The fraction of sp³-hybridized carbons (Fsp3) is 0.909. The van der Waals surface area contributed by atoms with Crippen molar-refractivity contribution < 1.29 is 0 Å². The summed E-state index contributed by atoms with van der Waals surface area (Å²) >= 11 is 0. The Morgan fingerprint density at radius 3 is 2.56 bits per heavy atom. The quantitative estimate of drug-likeness (QED) is 0.843. The van der Waals surface area contributed by atoms with Crippen LogP contribution in [0.5, 0.6) is 0 Å². The Morgan fingerprint density at radius 1 is 1.17 bits per heavy atom. The van der Waals surface area contributed by atoms with Crippen LogP contribution in [0.25, 0.3) is 0 Å². The Bertz CT molecular complexity index is 405. The molecule has 6 nitrogen and oxygen atoms in total. The van der Waals surface area contributed by atoms with Gasteiger partial charge in [0, 0.05) is 13.1 Å². The molecule has 2 aliphatic heterocycles. The van der Waals surface area contributed by atoms with Crippen molar-refractivity contribution in [2.24, 2.45) is 11.8 Å². The van der Waals surface area contributed by atoms with E-state index in [1.807, 2.05) is 4.68 Å². The lowest BCUT2D eigenvalue weighted by molar-refractivity contribution is 0.290. The molecule has 4 rings (SSSR count). The van der Waals surface area contributed by atoms with Crippen LogP contribution in [0, 0.1) is 11.8 Å². The molecule has 0 aromatic carbocycles. The number of rotatable bonds is 3. The Labute approximate surface area is 113 Å². The van der Waals surface area contributed by atoms with Gasteiger partial charge in [-0.2, -0.15) is 0 Å². The monoisotopic (exact) mass is 270 g/mol. The van der Waals surface area contributed by atoms with Gasteiger partial charge in [-0.15, -0.1) is 17.5 Å². The molecule has 100 valence electrons. The normalized spacial score (nSPS) is 31.3. The van der Waals surface area contributed by atoms with Crippen molar-refractivity contribution in [3.8, 4) is 0 Å².